The number of methoxy groups -OCH3 is 1. The van der Waals surface area contributed by atoms with Crippen molar-refractivity contribution in [3.8, 4) is 5.69 Å². The summed E-state index contributed by atoms with van der Waals surface area (Å²) in [6, 6.07) is 28.8. The minimum atomic E-state index is -0.332. The summed E-state index contributed by atoms with van der Waals surface area (Å²) in [6.45, 7) is 4.23. The van der Waals surface area contributed by atoms with Gasteiger partial charge in [0.25, 0.3) is 0 Å². The number of aromatic nitrogens is 3. The van der Waals surface area contributed by atoms with E-state index < -0.39 is 0 Å². The highest BCUT2D eigenvalue weighted by molar-refractivity contribution is 7.98. The van der Waals surface area contributed by atoms with Crippen molar-refractivity contribution in [2.75, 3.05) is 7.11 Å². The number of aryl methyl sites for hydroxylation is 2. The van der Waals surface area contributed by atoms with Crippen molar-refractivity contribution in [3.05, 3.63) is 119 Å². The van der Waals surface area contributed by atoms with Gasteiger partial charge in [-0.05, 0) is 59.5 Å². The summed E-state index contributed by atoms with van der Waals surface area (Å²) in [5.74, 6) is 1.28. The van der Waals surface area contributed by atoms with Crippen LogP contribution in [0.25, 0.3) is 16.5 Å². The SMILES string of the molecule is COC(=O)c1ccc(CSc2nnc(Cc3cccc4ccccc34)n2-c2ccc(C)cc2C)cc1. The Bertz CT molecular complexity index is 1530. The number of fused-ring (bicyclic) bond motifs is 1. The van der Waals surface area contributed by atoms with Crippen molar-refractivity contribution in [1.29, 1.82) is 0 Å². The van der Waals surface area contributed by atoms with Crippen LogP contribution in [-0.2, 0) is 16.9 Å². The fourth-order valence-electron chi connectivity index (χ4n) is 4.43. The van der Waals surface area contributed by atoms with E-state index in [-0.39, 0.29) is 5.97 Å². The van der Waals surface area contributed by atoms with E-state index in [4.69, 9.17) is 4.74 Å². The van der Waals surface area contributed by atoms with Gasteiger partial charge in [0.05, 0.1) is 18.4 Å². The molecule has 0 aliphatic rings. The minimum absolute atomic E-state index is 0.332. The van der Waals surface area contributed by atoms with Crippen LogP contribution < -0.4 is 0 Å². The van der Waals surface area contributed by atoms with Gasteiger partial charge in [-0.15, -0.1) is 10.2 Å². The normalized spacial score (nSPS) is 11.1. The zero-order valence-electron chi connectivity index (χ0n) is 20.6. The fourth-order valence-corrected chi connectivity index (χ4v) is 5.35. The molecule has 36 heavy (non-hydrogen) atoms. The van der Waals surface area contributed by atoms with Crippen molar-refractivity contribution in [2.45, 2.75) is 31.2 Å². The van der Waals surface area contributed by atoms with Gasteiger partial charge >= 0.3 is 5.97 Å². The maximum atomic E-state index is 11.7. The number of benzene rings is 4. The van der Waals surface area contributed by atoms with Crippen LogP contribution in [0.2, 0.25) is 0 Å². The third-order valence-corrected chi connectivity index (χ3v) is 7.27. The minimum Gasteiger partial charge on any atom is -0.465 e. The zero-order chi connectivity index (χ0) is 25.1. The fraction of sp³-hybridized carbons (Fsp3) is 0.167. The lowest BCUT2D eigenvalue weighted by molar-refractivity contribution is 0.0600. The van der Waals surface area contributed by atoms with Gasteiger partial charge in [0.15, 0.2) is 5.16 Å². The van der Waals surface area contributed by atoms with Gasteiger partial charge < -0.3 is 4.74 Å². The first kappa shape index (κ1) is 23.8. The van der Waals surface area contributed by atoms with Gasteiger partial charge in [-0.25, -0.2) is 4.79 Å². The smallest absolute Gasteiger partial charge is 0.337 e. The van der Waals surface area contributed by atoms with E-state index in [1.807, 2.05) is 12.1 Å². The number of carbonyl (C=O) groups is 1. The first-order chi connectivity index (χ1) is 17.5. The van der Waals surface area contributed by atoms with E-state index in [0.29, 0.717) is 17.7 Å². The van der Waals surface area contributed by atoms with Crippen molar-refractivity contribution in [1.82, 2.24) is 14.8 Å². The average Bonchev–Trinajstić information content (AvgIpc) is 3.29. The Morgan fingerprint density at radius 2 is 1.69 bits per heavy atom. The topological polar surface area (TPSA) is 57.0 Å². The molecule has 5 nitrogen and oxygen atoms in total. The molecule has 0 bridgehead atoms. The highest BCUT2D eigenvalue weighted by Gasteiger charge is 2.18. The molecule has 0 amide bonds. The molecule has 5 aromatic rings. The molecule has 0 radical (unpaired) electrons. The number of carbonyl (C=O) groups excluding carboxylic acids is 1. The second-order valence-corrected chi connectivity index (χ2v) is 9.76. The molecule has 0 saturated carbocycles. The number of ether oxygens (including phenoxy) is 1. The van der Waals surface area contributed by atoms with Gasteiger partial charge in [-0.2, -0.15) is 0 Å². The van der Waals surface area contributed by atoms with Crippen molar-refractivity contribution in [3.63, 3.8) is 0 Å². The molecular weight excluding hydrogens is 466 g/mol. The third-order valence-electron chi connectivity index (χ3n) is 6.27. The summed E-state index contributed by atoms with van der Waals surface area (Å²) in [5, 5.41) is 12.6. The summed E-state index contributed by atoms with van der Waals surface area (Å²) >= 11 is 1.64. The number of nitrogens with zero attached hydrogens (tertiary/aromatic N) is 3. The number of hydrogen-bond acceptors (Lipinski definition) is 5. The molecule has 1 aromatic heterocycles. The van der Waals surface area contributed by atoms with Crippen molar-refractivity contribution < 1.29 is 9.53 Å². The molecule has 0 aliphatic carbocycles. The van der Waals surface area contributed by atoms with E-state index in [1.54, 1.807) is 23.9 Å². The zero-order valence-corrected chi connectivity index (χ0v) is 21.4. The Balaban J connectivity index is 1.49. The van der Waals surface area contributed by atoms with Crippen LogP contribution >= 0.6 is 11.8 Å². The van der Waals surface area contributed by atoms with Crippen molar-refractivity contribution >= 4 is 28.5 Å². The third kappa shape index (κ3) is 4.90. The van der Waals surface area contributed by atoms with E-state index in [0.717, 1.165) is 22.2 Å². The summed E-state index contributed by atoms with van der Waals surface area (Å²) < 4.78 is 6.99. The lowest BCUT2D eigenvalue weighted by Crippen LogP contribution is -2.06. The average molecular weight is 494 g/mol. The molecule has 0 saturated heterocycles. The lowest BCUT2D eigenvalue weighted by Gasteiger charge is -2.14. The van der Waals surface area contributed by atoms with Gasteiger partial charge in [0.2, 0.25) is 0 Å². The molecule has 180 valence electrons. The van der Waals surface area contributed by atoms with Crippen LogP contribution in [0.5, 0.6) is 0 Å². The molecule has 0 N–H and O–H groups in total. The van der Waals surface area contributed by atoms with Gasteiger partial charge in [0.1, 0.15) is 5.82 Å². The molecule has 0 aliphatic heterocycles. The number of esters is 1. The van der Waals surface area contributed by atoms with Crippen LogP contribution in [0.4, 0.5) is 0 Å². The summed E-state index contributed by atoms with van der Waals surface area (Å²) in [6.07, 6.45) is 0.677. The summed E-state index contributed by atoms with van der Waals surface area (Å²) in [4.78, 5) is 11.7. The van der Waals surface area contributed by atoms with Crippen LogP contribution in [0.3, 0.4) is 0 Å². The largest absolute Gasteiger partial charge is 0.465 e. The maximum Gasteiger partial charge on any atom is 0.337 e. The molecule has 0 unspecified atom stereocenters. The monoisotopic (exact) mass is 493 g/mol. The Kier molecular flexibility index (Phi) is 6.87. The Hall–Kier alpha value is -3.90. The Morgan fingerprint density at radius 1 is 0.917 bits per heavy atom. The second-order valence-electron chi connectivity index (χ2n) is 8.82. The highest BCUT2D eigenvalue weighted by Crippen LogP contribution is 2.29. The molecule has 0 fully saturated rings. The summed E-state index contributed by atoms with van der Waals surface area (Å²) in [7, 11) is 1.39. The molecule has 4 aromatic carbocycles. The first-order valence-electron chi connectivity index (χ1n) is 11.8. The molecule has 0 atom stereocenters. The number of rotatable bonds is 7. The van der Waals surface area contributed by atoms with Crippen LogP contribution in [-0.4, -0.2) is 27.8 Å². The van der Waals surface area contributed by atoms with E-state index >= 15 is 0 Å². The highest BCUT2D eigenvalue weighted by atomic mass is 32.2. The van der Waals surface area contributed by atoms with E-state index in [1.165, 1.54) is 34.6 Å². The molecule has 6 heteroatoms. The molecule has 0 spiro atoms. The first-order valence-corrected chi connectivity index (χ1v) is 12.8. The Labute approximate surface area is 215 Å². The Morgan fingerprint density at radius 3 is 2.47 bits per heavy atom. The van der Waals surface area contributed by atoms with E-state index in [2.05, 4.69) is 89.3 Å². The quantitative estimate of drug-likeness (QED) is 0.186. The van der Waals surface area contributed by atoms with E-state index in [9.17, 15) is 4.79 Å². The predicted molar refractivity (Wildman–Crippen MR) is 145 cm³/mol. The summed E-state index contributed by atoms with van der Waals surface area (Å²) in [5.41, 5.74) is 6.35. The van der Waals surface area contributed by atoms with Gasteiger partial charge in [0, 0.05) is 12.2 Å². The second kappa shape index (κ2) is 10.4. The number of hydrogen-bond donors (Lipinski definition) is 0. The molecule has 5 rings (SSSR count). The molecule has 1 heterocycles. The molecular formula is C30H27N3O2S. The van der Waals surface area contributed by atoms with Crippen LogP contribution in [0.15, 0.2) is 90.1 Å². The van der Waals surface area contributed by atoms with Crippen molar-refractivity contribution in [2.24, 2.45) is 0 Å². The number of thioether (sulfide) groups is 1. The van der Waals surface area contributed by atoms with Crippen LogP contribution in [0, 0.1) is 13.8 Å². The van der Waals surface area contributed by atoms with Gasteiger partial charge in [-0.3, -0.25) is 4.57 Å². The predicted octanol–water partition coefficient (Wildman–Crippen LogP) is 6.71. The standard InChI is InChI=1S/C30H27N3O2S/c1-20-11-16-27(21(2)17-20)33-28(18-25-9-6-8-23-7-4-5-10-26(23)25)31-32-30(33)36-19-22-12-14-24(15-13-22)29(34)35-3/h4-17H,18-19H2,1-3H3. The maximum absolute atomic E-state index is 11.7. The lowest BCUT2D eigenvalue weighted by atomic mass is 10.0. The van der Waals surface area contributed by atoms with Gasteiger partial charge in [-0.1, -0.05) is 84.1 Å². The van der Waals surface area contributed by atoms with Crippen LogP contribution in [0.1, 0.15) is 38.4 Å².